The van der Waals surface area contributed by atoms with E-state index in [2.05, 4.69) is 15.3 Å². The Kier molecular flexibility index (Phi) is 3.91. The molecule has 0 fully saturated rings. The van der Waals surface area contributed by atoms with Gasteiger partial charge < -0.3 is 20.2 Å². The van der Waals surface area contributed by atoms with Crippen LogP contribution in [-0.4, -0.2) is 16.6 Å². The zero-order chi connectivity index (χ0) is 15.4. The number of anilines is 3. The quantitative estimate of drug-likeness (QED) is 0.750. The van der Waals surface area contributed by atoms with E-state index in [9.17, 15) is 0 Å². The van der Waals surface area contributed by atoms with Crippen molar-refractivity contribution in [1.29, 1.82) is 0 Å². The summed E-state index contributed by atoms with van der Waals surface area (Å²) in [6, 6.07) is 11.2. The van der Waals surface area contributed by atoms with E-state index in [1.54, 1.807) is 18.3 Å². The van der Waals surface area contributed by atoms with E-state index in [-0.39, 0.29) is 0 Å². The number of aromatic nitrogens is 2. The normalized spacial score (nSPS) is 10.4. The number of hydrogen-bond acceptors (Lipinski definition) is 6. The molecule has 1 aromatic carbocycles. The van der Waals surface area contributed by atoms with Crippen molar-refractivity contribution in [3.05, 3.63) is 49.0 Å². The first kappa shape index (κ1) is 13.9. The SMILES string of the molecule is CCOc1cc(N)cc(Nc2ccc(-c3cnco3)cc2)n1. The highest BCUT2D eigenvalue weighted by molar-refractivity contribution is 5.65. The van der Waals surface area contributed by atoms with Gasteiger partial charge in [0, 0.05) is 29.1 Å². The first-order valence-electron chi connectivity index (χ1n) is 6.91. The molecule has 0 aliphatic heterocycles. The lowest BCUT2D eigenvalue weighted by atomic mass is 10.1. The molecular weight excluding hydrogens is 280 g/mol. The molecule has 0 amide bonds. The van der Waals surface area contributed by atoms with Crippen molar-refractivity contribution in [3.63, 3.8) is 0 Å². The van der Waals surface area contributed by atoms with Gasteiger partial charge in [0.05, 0.1) is 12.8 Å². The molecule has 0 unspecified atom stereocenters. The van der Waals surface area contributed by atoms with Crippen LogP contribution in [-0.2, 0) is 0 Å². The minimum Gasteiger partial charge on any atom is -0.478 e. The van der Waals surface area contributed by atoms with E-state index in [4.69, 9.17) is 14.9 Å². The number of nitrogen functional groups attached to an aromatic ring is 1. The van der Waals surface area contributed by atoms with Gasteiger partial charge in [0.15, 0.2) is 12.2 Å². The Bertz CT molecular complexity index is 739. The van der Waals surface area contributed by atoms with Crippen LogP contribution in [0, 0.1) is 0 Å². The van der Waals surface area contributed by atoms with E-state index in [1.807, 2.05) is 31.2 Å². The van der Waals surface area contributed by atoms with E-state index < -0.39 is 0 Å². The summed E-state index contributed by atoms with van der Waals surface area (Å²) in [5, 5.41) is 3.20. The monoisotopic (exact) mass is 296 g/mol. The summed E-state index contributed by atoms with van der Waals surface area (Å²) in [7, 11) is 0. The number of nitrogens with one attached hydrogen (secondary N) is 1. The molecule has 0 aliphatic rings. The number of rotatable bonds is 5. The smallest absolute Gasteiger partial charge is 0.217 e. The van der Waals surface area contributed by atoms with Gasteiger partial charge in [-0.3, -0.25) is 0 Å². The first-order chi connectivity index (χ1) is 10.7. The van der Waals surface area contributed by atoms with Gasteiger partial charge in [-0.15, -0.1) is 0 Å². The average Bonchev–Trinajstić information content (AvgIpc) is 3.02. The average molecular weight is 296 g/mol. The molecule has 2 heterocycles. The van der Waals surface area contributed by atoms with Crippen molar-refractivity contribution >= 4 is 17.2 Å². The maximum absolute atomic E-state index is 5.85. The lowest BCUT2D eigenvalue weighted by molar-refractivity contribution is 0.327. The van der Waals surface area contributed by atoms with E-state index in [0.717, 1.165) is 17.0 Å². The van der Waals surface area contributed by atoms with Crippen molar-refractivity contribution in [2.24, 2.45) is 0 Å². The second kappa shape index (κ2) is 6.17. The summed E-state index contributed by atoms with van der Waals surface area (Å²) in [6.45, 7) is 2.45. The van der Waals surface area contributed by atoms with Crippen molar-refractivity contribution < 1.29 is 9.15 Å². The third-order valence-electron chi connectivity index (χ3n) is 2.99. The highest BCUT2D eigenvalue weighted by Gasteiger charge is 2.04. The Morgan fingerprint density at radius 2 is 2.05 bits per heavy atom. The third-order valence-corrected chi connectivity index (χ3v) is 2.99. The van der Waals surface area contributed by atoms with Crippen LogP contribution < -0.4 is 15.8 Å². The lowest BCUT2D eigenvalue weighted by Gasteiger charge is -2.09. The molecule has 2 aromatic heterocycles. The number of benzene rings is 1. The molecule has 0 atom stereocenters. The van der Waals surface area contributed by atoms with Crippen LogP contribution in [0.3, 0.4) is 0 Å². The molecule has 0 bridgehead atoms. The molecule has 22 heavy (non-hydrogen) atoms. The van der Waals surface area contributed by atoms with Gasteiger partial charge in [0.1, 0.15) is 5.82 Å². The van der Waals surface area contributed by atoms with Crippen molar-refractivity contribution in [2.45, 2.75) is 6.92 Å². The summed E-state index contributed by atoms with van der Waals surface area (Å²) < 4.78 is 10.6. The van der Waals surface area contributed by atoms with Crippen LogP contribution in [0.5, 0.6) is 5.88 Å². The Labute approximate surface area is 128 Å². The molecule has 3 rings (SSSR count). The summed E-state index contributed by atoms with van der Waals surface area (Å²) in [4.78, 5) is 8.25. The minimum absolute atomic E-state index is 0.503. The molecule has 3 aromatic rings. The predicted octanol–water partition coefficient (Wildman–Crippen LogP) is 3.46. The Morgan fingerprint density at radius 1 is 1.23 bits per heavy atom. The minimum atomic E-state index is 0.503. The Balaban J connectivity index is 1.78. The summed E-state index contributed by atoms with van der Waals surface area (Å²) in [5.74, 6) is 1.87. The fourth-order valence-electron chi connectivity index (χ4n) is 2.04. The highest BCUT2D eigenvalue weighted by atomic mass is 16.5. The molecular formula is C16H16N4O2. The predicted molar refractivity (Wildman–Crippen MR) is 85.0 cm³/mol. The lowest BCUT2D eigenvalue weighted by Crippen LogP contribution is -2.00. The number of ether oxygens (including phenoxy) is 1. The van der Waals surface area contributed by atoms with Gasteiger partial charge in [-0.25, -0.2) is 4.98 Å². The number of hydrogen-bond donors (Lipinski definition) is 2. The standard InChI is InChI=1S/C16H16N4O2/c1-2-21-16-8-12(17)7-15(20-16)19-13-5-3-11(4-6-13)14-9-18-10-22-14/h3-10H,2H2,1H3,(H3,17,19,20). The molecule has 0 aliphatic carbocycles. The van der Waals surface area contributed by atoms with E-state index in [1.165, 1.54) is 6.39 Å². The van der Waals surface area contributed by atoms with Crippen LogP contribution in [0.2, 0.25) is 0 Å². The van der Waals surface area contributed by atoms with Gasteiger partial charge >= 0.3 is 0 Å². The number of pyridine rings is 1. The van der Waals surface area contributed by atoms with Crippen LogP contribution in [0.1, 0.15) is 6.92 Å². The molecule has 3 N–H and O–H groups in total. The van der Waals surface area contributed by atoms with Crippen LogP contribution in [0.25, 0.3) is 11.3 Å². The summed E-state index contributed by atoms with van der Waals surface area (Å²) in [6.07, 6.45) is 3.09. The van der Waals surface area contributed by atoms with Crippen molar-refractivity contribution in [2.75, 3.05) is 17.7 Å². The molecule has 0 saturated heterocycles. The van der Waals surface area contributed by atoms with Crippen LogP contribution >= 0.6 is 0 Å². The molecule has 112 valence electrons. The van der Waals surface area contributed by atoms with Crippen LogP contribution in [0.4, 0.5) is 17.2 Å². The number of oxazole rings is 1. The Morgan fingerprint density at radius 3 is 2.73 bits per heavy atom. The second-order valence-electron chi connectivity index (χ2n) is 4.63. The number of nitrogens with two attached hydrogens (primary N) is 1. The highest BCUT2D eigenvalue weighted by Crippen LogP contribution is 2.24. The van der Waals surface area contributed by atoms with Gasteiger partial charge in [-0.05, 0) is 31.2 Å². The molecule has 0 radical (unpaired) electrons. The zero-order valence-electron chi connectivity index (χ0n) is 12.1. The van der Waals surface area contributed by atoms with Gasteiger partial charge in [0.2, 0.25) is 5.88 Å². The maximum atomic E-state index is 5.85. The van der Waals surface area contributed by atoms with Gasteiger partial charge in [0.25, 0.3) is 0 Å². The fourth-order valence-corrected chi connectivity index (χ4v) is 2.04. The molecule has 6 nitrogen and oxygen atoms in total. The summed E-state index contributed by atoms with van der Waals surface area (Å²) >= 11 is 0. The number of nitrogens with zero attached hydrogens (tertiary/aromatic N) is 2. The van der Waals surface area contributed by atoms with Crippen molar-refractivity contribution in [3.8, 4) is 17.2 Å². The van der Waals surface area contributed by atoms with Crippen molar-refractivity contribution in [1.82, 2.24) is 9.97 Å². The van der Waals surface area contributed by atoms with Gasteiger partial charge in [-0.2, -0.15) is 4.98 Å². The summed E-state index contributed by atoms with van der Waals surface area (Å²) in [5.41, 5.74) is 8.30. The van der Waals surface area contributed by atoms with Crippen LogP contribution in [0.15, 0.2) is 53.4 Å². The molecule has 6 heteroatoms. The Hall–Kier alpha value is -3.02. The third kappa shape index (κ3) is 3.17. The fraction of sp³-hybridized carbons (Fsp3) is 0.125. The molecule has 0 saturated carbocycles. The largest absolute Gasteiger partial charge is 0.478 e. The maximum Gasteiger partial charge on any atom is 0.217 e. The molecule has 0 spiro atoms. The zero-order valence-corrected chi connectivity index (χ0v) is 12.1. The van der Waals surface area contributed by atoms with Gasteiger partial charge in [-0.1, -0.05) is 0 Å². The topological polar surface area (TPSA) is 86.2 Å². The first-order valence-corrected chi connectivity index (χ1v) is 6.91. The van der Waals surface area contributed by atoms with E-state index >= 15 is 0 Å². The van der Waals surface area contributed by atoms with E-state index in [0.29, 0.717) is 24.0 Å². The second-order valence-corrected chi connectivity index (χ2v) is 4.63.